The van der Waals surface area contributed by atoms with Gasteiger partial charge in [-0.05, 0) is 31.0 Å². The van der Waals surface area contributed by atoms with Gasteiger partial charge in [0.25, 0.3) is 23.6 Å². The molecule has 2 atom stereocenters. The molecule has 65 heavy (non-hydrogen) atoms. The molecule has 2 heterocycles. The Hall–Kier alpha value is -7.01. The average molecular weight is 920 g/mol. The lowest BCUT2D eigenvalue weighted by Crippen LogP contribution is -2.47. The lowest BCUT2D eigenvalue weighted by Gasteiger charge is -2.18. The van der Waals surface area contributed by atoms with E-state index in [9.17, 15) is 28.8 Å². The third-order valence-electron chi connectivity index (χ3n) is 10.0. The third kappa shape index (κ3) is 14.5. The van der Waals surface area contributed by atoms with Gasteiger partial charge >= 0.3 is 0 Å². The standard InChI is InChI=1S/C27H34N4O4Si.C21H20N4O3.ClH/c1-19-29-23(27(34)30-22(25(32)26(28)33)17-20-11-7-5-8-12-20)24(21-13-9-6-10-14-21)31(19)18-35-15-16-36(2,3)4;1-13-23-17(15-10-6-3-7-11-15)18(24-13)21(28)25-16(19(26)20(22)27)12-14-8-4-2-5-9-14;/h5-14,22H,15-18H2,1-4H3,(H2,28,33)(H,30,34);2-11,16H,12H2,1H3,(H2,22,27)(H,23,24)(H,25,28);1H/t22-;16-;/m00./s1. The zero-order valence-corrected chi connectivity index (χ0v) is 38.8. The van der Waals surface area contributed by atoms with E-state index in [-0.39, 0.29) is 43.4 Å². The first kappa shape index (κ1) is 50.6. The highest BCUT2D eigenvalue weighted by molar-refractivity contribution is 6.76. The van der Waals surface area contributed by atoms with E-state index < -0.39 is 55.4 Å². The molecule has 6 aromatic rings. The number of aromatic amines is 1. The van der Waals surface area contributed by atoms with E-state index in [1.807, 2.05) is 126 Å². The summed E-state index contributed by atoms with van der Waals surface area (Å²) in [7, 11) is -1.25. The summed E-state index contributed by atoms with van der Waals surface area (Å²) in [6.45, 7) is 11.3. The van der Waals surface area contributed by atoms with Crippen LogP contribution in [0.5, 0.6) is 0 Å². The van der Waals surface area contributed by atoms with Gasteiger partial charge in [0.2, 0.25) is 11.6 Å². The summed E-state index contributed by atoms with van der Waals surface area (Å²) in [5, 5.41) is 5.33. The van der Waals surface area contributed by atoms with Crippen LogP contribution in [0, 0.1) is 13.8 Å². The molecule has 2 aromatic heterocycles. The number of nitrogens with two attached hydrogens (primary N) is 2. The highest BCUT2D eigenvalue weighted by Gasteiger charge is 2.30. The molecule has 340 valence electrons. The number of halogens is 1. The number of hydrogen-bond acceptors (Lipinski definition) is 9. The number of amides is 4. The molecule has 0 saturated carbocycles. The highest BCUT2D eigenvalue weighted by atomic mass is 35.5. The SMILES string of the molecule is Cc1nc(-c2ccccc2)c(C(=O)N[C@@H](Cc2ccccc2)C(=O)C(N)=O)[nH]1.Cc1nc(C(=O)N[C@@H](Cc2ccccc2)C(=O)C(N)=O)c(-c2ccccc2)n1COCC[Si](C)(C)C.Cl. The maximum Gasteiger partial charge on any atom is 0.287 e. The predicted octanol–water partition coefficient (Wildman–Crippen LogP) is 5.77. The molecule has 0 fully saturated rings. The van der Waals surface area contributed by atoms with Gasteiger partial charge < -0.3 is 36.4 Å². The van der Waals surface area contributed by atoms with Crippen LogP contribution in [0.2, 0.25) is 25.7 Å². The number of benzene rings is 4. The van der Waals surface area contributed by atoms with Crippen LogP contribution in [0.25, 0.3) is 22.5 Å². The van der Waals surface area contributed by atoms with Crippen molar-refractivity contribution in [3.05, 3.63) is 155 Å². The number of nitrogens with zero attached hydrogens (tertiary/aromatic N) is 3. The number of primary amides is 2. The second kappa shape index (κ2) is 23.6. The normalized spacial score (nSPS) is 11.8. The number of nitrogens with one attached hydrogen (secondary N) is 3. The molecule has 0 aliphatic heterocycles. The van der Waals surface area contributed by atoms with E-state index in [1.54, 1.807) is 13.8 Å². The molecule has 15 nitrogen and oxygen atoms in total. The van der Waals surface area contributed by atoms with Gasteiger partial charge in [-0.1, -0.05) is 141 Å². The van der Waals surface area contributed by atoms with E-state index >= 15 is 0 Å². The minimum absolute atomic E-state index is 0. The fraction of sp³-hybridized carbons (Fsp3) is 0.250. The number of carbonyl (C=O) groups is 6. The summed E-state index contributed by atoms with van der Waals surface area (Å²) in [5.74, 6) is -3.84. The van der Waals surface area contributed by atoms with Crippen LogP contribution in [0.4, 0.5) is 0 Å². The first-order valence-electron chi connectivity index (χ1n) is 20.7. The van der Waals surface area contributed by atoms with Gasteiger partial charge in [-0.25, -0.2) is 9.97 Å². The van der Waals surface area contributed by atoms with Gasteiger partial charge in [0.15, 0.2) is 5.69 Å². The number of imidazole rings is 2. The lowest BCUT2D eigenvalue weighted by molar-refractivity contribution is -0.137. The minimum atomic E-state index is -1.25. The van der Waals surface area contributed by atoms with Gasteiger partial charge in [-0.15, -0.1) is 12.4 Å². The van der Waals surface area contributed by atoms with Crippen molar-refractivity contribution < 1.29 is 33.5 Å². The number of hydrogen-bond donors (Lipinski definition) is 5. The summed E-state index contributed by atoms with van der Waals surface area (Å²) >= 11 is 0. The van der Waals surface area contributed by atoms with Crippen LogP contribution >= 0.6 is 12.4 Å². The van der Waals surface area contributed by atoms with Crippen molar-refractivity contribution in [2.24, 2.45) is 11.5 Å². The predicted molar refractivity (Wildman–Crippen MR) is 254 cm³/mol. The van der Waals surface area contributed by atoms with Crippen molar-refractivity contribution in [3.63, 3.8) is 0 Å². The molecule has 0 radical (unpaired) electrons. The van der Waals surface area contributed by atoms with Crippen LogP contribution < -0.4 is 22.1 Å². The Labute approximate surface area is 385 Å². The Kier molecular flexibility index (Phi) is 18.4. The molecule has 0 spiro atoms. The van der Waals surface area contributed by atoms with E-state index in [0.717, 1.165) is 28.3 Å². The first-order valence-corrected chi connectivity index (χ1v) is 24.4. The summed E-state index contributed by atoms with van der Waals surface area (Å²) in [6.07, 6.45) is 0.288. The van der Waals surface area contributed by atoms with Gasteiger partial charge in [0.1, 0.15) is 41.9 Å². The van der Waals surface area contributed by atoms with E-state index in [1.165, 1.54) is 0 Å². The number of aromatic nitrogens is 4. The molecule has 0 aliphatic carbocycles. The van der Waals surface area contributed by atoms with Crippen LogP contribution in [0.1, 0.15) is 43.8 Å². The molecule has 4 aromatic carbocycles. The Bertz CT molecular complexity index is 2560. The first-order chi connectivity index (χ1) is 30.5. The second-order valence-corrected chi connectivity index (χ2v) is 21.9. The Morgan fingerprint density at radius 2 is 1.11 bits per heavy atom. The quantitative estimate of drug-likeness (QED) is 0.0377. The summed E-state index contributed by atoms with van der Waals surface area (Å²) in [4.78, 5) is 86.2. The molecule has 4 amide bonds. The van der Waals surface area contributed by atoms with Crippen molar-refractivity contribution in [3.8, 4) is 22.5 Å². The highest BCUT2D eigenvalue weighted by Crippen LogP contribution is 2.26. The van der Waals surface area contributed by atoms with Gasteiger partial charge in [-0.3, -0.25) is 28.8 Å². The molecule has 7 N–H and O–H groups in total. The van der Waals surface area contributed by atoms with Crippen LogP contribution in [-0.2, 0) is 43.5 Å². The lowest BCUT2D eigenvalue weighted by atomic mass is 10.0. The number of aryl methyl sites for hydroxylation is 2. The summed E-state index contributed by atoms with van der Waals surface area (Å²) in [6, 6.07) is 35.7. The van der Waals surface area contributed by atoms with Crippen LogP contribution in [0.15, 0.2) is 121 Å². The molecule has 0 bridgehead atoms. The summed E-state index contributed by atoms with van der Waals surface area (Å²) in [5.41, 5.74) is 15.0. The molecular weight excluding hydrogens is 864 g/mol. The number of ether oxygens (including phenoxy) is 1. The van der Waals surface area contributed by atoms with Gasteiger partial charge in [0, 0.05) is 38.6 Å². The van der Waals surface area contributed by atoms with Crippen LogP contribution in [0.3, 0.4) is 0 Å². The number of Topliss-reactive ketones (excluding diaryl/α,β-unsaturated/α-hetero) is 2. The van der Waals surface area contributed by atoms with E-state index in [0.29, 0.717) is 29.6 Å². The molecule has 17 heteroatoms. The van der Waals surface area contributed by atoms with Crippen molar-refractivity contribution in [2.75, 3.05) is 6.61 Å². The zero-order valence-electron chi connectivity index (χ0n) is 37.0. The maximum atomic E-state index is 13.5. The molecule has 0 saturated heterocycles. The monoisotopic (exact) mass is 918 g/mol. The maximum absolute atomic E-state index is 13.5. The van der Waals surface area contributed by atoms with Crippen LogP contribution in [-0.4, -0.2) is 81.5 Å². The average Bonchev–Trinajstić information content (AvgIpc) is 3.84. The van der Waals surface area contributed by atoms with Crippen molar-refractivity contribution in [1.29, 1.82) is 0 Å². The Morgan fingerprint density at radius 3 is 1.57 bits per heavy atom. The van der Waals surface area contributed by atoms with Crippen molar-refractivity contribution >= 4 is 55.7 Å². The van der Waals surface area contributed by atoms with Gasteiger partial charge in [0.05, 0.1) is 5.69 Å². The number of carbonyl (C=O) groups excluding carboxylic acids is 6. The van der Waals surface area contributed by atoms with Crippen molar-refractivity contribution in [1.82, 2.24) is 30.2 Å². The largest absolute Gasteiger partial charge is 0.363 e. The molecule has 0 aliphatic rings. The fourth-order valence-electron chi connectivity index (χ4n) is 6.68. The Morgan fingerprint density at radius 1 is 0.662 bits per heavy atom. The molecular formula is C48H55ClN8O7Si. The Balaban J connectivity index is 0.000000288. The number of rotatable bonds is 19. The van der Waals surface area contributed by atoms with Crippen molar-refractivity contribution in [2.45, 2.75) is 71.2 Å². The smallest absolute Gasteiger partial charge is 0.287 e. The number of H-pyrrole nitrogens is 1. The molecule has 6 rings (SSSR count). The second-order valence-electron chi connectivity index (χ2n) is 16.3. The van der Waals surface area contributed by atoms with E-state index in [2.05, 4.69) is 45.2 Å². The zero-order chi connectivity index (χ0) is 46.4. The fourth-order valence-corrected chi connectivity index (χ4v) is 7.44. The van der Waals surface area contributed by atoms with Gasteiger partial charge in [-0.2, -0.15) is 0 Å². The van der Waals surface area contributed by atoms with E-state index in [4.69, 9.17) is 16.2 Å². The minimum Gasteiger partial charge on any atom is -0.363 e. The third-order valence-corrected chi connectivity index (χ3v) is 11.7. The topological polar surface area (TPSA) is 234 Å². The number of ketones is 2. The molecule has 0 unspecified atom stereocenters. The summed E-state index contributed by atoms with van der Waals surface area (Å²) < 4.78 is 7.83.